The molecular weight excluding hydrogens is 346 g/mol. The second-order valence-corrected chi connectivity index (χ2v) is 8.01. The number of fused-ring (bicyclic) bond motifs is 1. The van der Waals surface area contributed by atoms with Crippen molar-refractivity contribution in [1.82, 2.24) is 10.6 Å². The molecule has 27 heavy (non-hydrogen) atoms. The van der Waals surface area contributed by atoms with Gasteiger partial charge in [-0.25, -0.2) is 4.79 Å². The maximum absolute atomic E-state index is 12.5. The van der Waals surface area contributed by atoms with Crippen LogP contribution < -0.4 is 15.5 Å². The molecule has 0 bridgehead atoms. The Balaban J connectivity index is 1.92. The molecule has 0 aromatic heterocycles. The van der Waals surface area contributed by atoms with Crippen LogP contribution in [0.3, 0.4) is 0 Å². The fourth-order valence-electron chi connectivity index (χ4n) is 2.93. The van der Waals surface area contributed by atoms with Gasteiger partial charge in [0, 0.05) is 12.2 Å². The number of ether oxygens (including phenoxy) is 1. The Labute approximate surface area is 160 Å². The number of carbonyl (C=O) groups is 3. The highest BCUT2D eigenvalue weighted by molar-refractivity contribution is 5.99. The van der Waals surface area contributed by atoms with Gasteiger partial charge in [0.2, 0.25) is 11.8 Å². The average Bonchev–Trinajstić information content (AvgIpc) is 2.99. The molecule has 0 spiro atoms. The molecule has 7 heteroatoms. The molecule has 0 saturated carbocycles. The molecule has 1 atom stereocenters. The third-order valence-corrected chi connectivity index (χ3v) is 4.22. The smallest absolute Gasteiger partial charge is 0.408 e. The summed E-state index contributed by atoms with van der Waals surface area (Å²) in [6.45, 7) is 9.39. The number of nitrogens with zero attached hydrogens (tertiary/aromatic N) is 1. The van der Waals surface area contributed by atoms with Crippen LogP contribution in [-0.4, -0.2) is 42.6 Å². The Morgan fingerprint density at radius 3 is 2.48 bits per heavy atom. The normalized spacial score (nSPS) is 14.5. The lowest BCUT2D eigenvalue weighted by Gasteiger charge is -2.25. The predicted molar refractivity (Wildman–Crippen MR) is 104 cm³/mol. The fraction of sp³-hybridized carbons (Fsp3) is 0.550. The average molecular weight is 375 g/mol. The number of nitrogens with one attached hydrogen (secondary N) is 2. The highest BCUT2D eigenvalue weighted by Crippen LogP contribution is 2.27. The van der Waals surface area contributed by atoms with E-state index in [1.165, 1.54) is 0 Å². The fourth-order valence-corrected chi connectivity index (χ4v) is 2.93. The molecule has 0 radical (unpaired) electrons. The number of alkyl carbamates (subject to hydrolysis) is 1. The molecule has 1 aliphatic rings. The zero-order chi connectivity index (χ0) is 20.2. The van der Waals surface area contributed by atoms with Crippen LogP contribution >= 0.6 is 0 Å². The van der Waals surface area contributed by atoms with Crippen LogP contribution in [-0.2, 0) is 20.7 Å². The van der Waals surface area contributed by atoms with E-state index in [2.05, 4.69) is 10.6 Å². The van der Waals surface area contributed by atoms with Crippen LogP contribution in [0.4, 0.5) is 10.5 Å². The van der Waals surface area contributed by atoms with Crippen molar-refractivity contribution < 1.29 is 19.1 Å². The maximum Gasteiger partial charge on any atom is 0.408 e. The van der Waals surface area contributed by atoms with Crippen molar-refractivity contribution in [2.45, 2.75) is 52.7 Å². The number of hydrogen-bond donors (Lipinski definition) is 2. The summed E-state index contributed by atoms with van der Waals surface area (Å²) in [5.41, 5.74) is 1.37. The van der Waals surface area contributed by atoms with Crippen molar-refractivity contribution in [2.75, 3.05) is 18.0 Å². The maximum atomic E-state index is 12.5. The molecule has 1 aromatic rings. The van der Waals surface area contributed by atoms with E-state index in [1.54, 1.807) is 25.7 Å². The Morgan fingerprint density at radius 2 is 1.85 bits per heavy atom. The summed E-state index contributed by atoms with van der Waals surface area (Å²) in [6, 6.07) is 6.97. The van der Waals surface area contributed by atoms with Gasteiger partial charge in [0.1, 0.15) is 11.6 Å². The number of benzene rings is 1. The molecule has 1 aliphatic heterocycles. The minimum Gasteiger partial charge on any atom is -0.444 e. The van der Waals surface area contributed by atoms with Gasteiger partial charge in [-0.15, -0.1) is 0 Å². The zero-order valence-corrected chi connectivity index (χ0v) is 16.7. The SMILES string of the molecule is CC(C)C(NC(=O)OC(C)(C)C)C(=O)NCC(=O)N1CCc2ccccc21. The van der Waals surface area contributed by atoms with Crippen LogP contribution in [0.5, 0.6) is 0 Å². The quantitative estimate of drug-likeness (QED) is 0.826. The molecule has 1 aromatic carbocycles. The number of para-hydroxylation sites is 1. The first-order chi connectivity index (χ1) is 12.6. The van der Waals surface area contributed by atoms with Crippen molar-refractivity contribution in [3.8, 4) is 0 Å². The van der Waals surface area contributed by atoms with Crippen LogP contribution in [0.2, 0.25) is 0 Å². The number of rotatable bonds is 5. The van der Waals surface area contributed by atoms with Gasteiger partial charge in [-0.2, -0.15) is 0 Å². The van der Waals surface area contributed by atoms with Crippen LogP contribution in [0.1, 0.15) is 40.2 Å². The summed E-state index contributed by atoms with van der Waals surface area (Å²) in [4.78, 5) is 38.7. The topological polar surface area (TPSA) is 87.7 Å². The molecule has 0 aliphatic carbocycles. The van der Waals surface area contributed by atoms with Crippen molar-refractivity contribution in [3.05, 3.63) is 29.8 Å². The van der Waals surface area contributed by atoms with E-state index < -0.39 is 23.6 Å². The lowest BCUT2D eigenvalue weighted by molar-refractivity contribution is -0.127. The zero-order valence-electron chi connectivity index (χ0n) is 16.7. The largest absolute Gasteiger partial charge is 0.444 e. The van der Waals surface area contributed by atoms with E-state index in [0.717, 1.165) is 17.7 Å². The third kappa shape index (κ3) is 5.70. The Morgan fingerprint density at radius 1 is 1.19 bits per heavy atom. The van der Waals surface area contributed by atoms with E-state index in [4.69, 9.17) is 4.74 Å². The molecule has 0 fully saturated rings. The second kappa shape index (κ2) is 8.41. The predicted octanol–water partition coefficient (Wildman–Crippen LogP) is 2.24. The van der Waals surface area contributed by atoms with Crippen LogP contribution in [0.15, 0.2) is 24.3 Å². The van der Waals surface area contributed by atoms with Crippen molar-refractivity contribution in [2.24, 2.45) is 5.92 Å². The molecule has 1 unspecified atom stereocenters. The molecule has 148 valence electrons. The molecule has 1 heterocycles. The standard InChI is InChI=1S/C20H29N3O4/c1-13(2)17(22-19(26)27-20(3,4)5)18(25)21-12-16(24)23-11-10-14-8-6-7-9-15(14)23/h6-9,13,17H,10-12H2,1-5H3,(H,21,25)(H,22,26). The van der Waals surface area contributed by atoms with Gasteiger partial charge in [0.05, 0.1) is 6.54 Å². The molecule has 2 rings (SSSR count). The summed E-state index contributed by atoms with van der Waals surface area (Å²) in [7, 11) is 0. The van der Waals surface area contributed by atoms with E-state index in [9.17, 15) is 14.4 Å². The van der Waals surface area contributed by atoms with Gasteiger partial charge in [-0.3, -0.25) is 9.59 Å². The lowest BCUT2D eigenvalue weighted by atomic mass is 10.0. The highest BCUT2D eigenvalue weighted by Gasteiger charge is 2.29. The van der Waals surface area contributed by atoms with Gasteiger partial charge < -0.3 is 20.3 Å². The van der Waals surface area contributed by atoms with E-state index >= 15 is 0 Å². The number of hydrogen-bond acceptors (Lipinski definition) is 4. The molecule has 7 nitrogen and oxygen atoms in total. The monoisotopic (exact) mass is 375 g/mol. The molecule has 0 saturated heterocycles. The van der Waals surface area contributed by atoms with Gasteiger partial charge >= 0.3 is 6.09 Å². The van der Waals surface area contributed by atoms with E-state index in [0.29, 0.717) is 6.54 Å². The Hall–Kier alpha value is -2.57. The minimum absolute atomic E-state index is 0.119. The highest BCUT2D eigenvalue weighted by atomic mass is 16.6. The number of anilines is 1. The van der Waals surface area contributed by atoms with E-state index in [-0.39, 0.29) is 18.4 Å². The Bertz CT molecular complexity index is 709. The summed E-state index contributed by atoms with van der Waals surface area (Å²) < 4.78 is 5.21. The van der Waals surface area contributed by atoms with Crippen molar-refractivity contribution >= 4 is 23.6 Å². The first-order valence-electron chi connectivity index (χ1n) is 9.24. The second-order valence-electron chi connectivity index (χ2n) is 8.01. The lowest BCUT2D eigenvalue weighted by Crippen LogP contribution is -2.52. The van der Waals surface area contributed by atoms with Gasteiger partial charge in [-0.1, -0.05) is 32.0 Å². The van der Waals surface area contributed by atoms with Crippen LogP contribution in [0.25, 0.3) is 0 Å². The van der Waals surface area contributed by atoms with Gasteiger partial charge in [0.25, 0.3) is 0 Å². The summed E-state index contributed by atoms with van der Waals surface area (Å²) in [5.74, 6) is -0.732. The summed E-state index contributed by atoms with van der Waals surface area (Å²) >= 11 is 0. The number of carbonyl (C=O) groups excluding carboxylic acids is 3. The summed E-state index contributed by atoms with van der Waals surface area (Å²) in [5, 5.41) is 5.22. The Kier molecular flexibility index (Phi) is 6.46. The van der Waals surface area contributed by atoms with Crippen LogP contribution in [0, 0.1) is 5.92 Å². The minimum atomic E-state index is -0.779. The number of amides is 3. The van der Waals surface area contributed by atoms with Crippen molar-refractivity contribution in [1.29, 1.82) is 0 Å². The molecule has 3 amide bonds. The van der Waals surface area contributed by atoms with Crippen molar-refractivity contribution in [3.63, 3.8) is 0 Å². The third-order valence-electron chi connectivity index (χ3n) is 4.22. The first kappa shape index (κ1) is 20.7. The van der Waals surface area contributed by atoms with Gasteiger partial charge in [-0.05, 0) is 44.7 Å². The molecular formula is C20H29N3O4. The summed E-state index contributed by atoms with van der Waals surface area (Å²) in [6.07, 6.45) is 0.154. The van der Waals surface area contributed by atoms with E-state index in [1.807, 2.05) is 38.1 Å². The molecule has 2 N–H and O–H groups in total. The first-order valence-corrected chi connectivity index (χ1v) is 9.24. The van der Waals surface area contributed by atoms with Gasteiger partial charge in [0.15, 0.2) is 0 Å².